The number of hydrogen-bond donors (Lipinski definition) is 0. The van der Waals surface area contributed by atoms with Crippen LogP contribution in [0.25, 0.3) is 0 Å². The van der Waals surface area contributed by atoms with Crippen molar-refractivity contribution in [2.75, 3.05) is 25.6 Å². The number of rotatable bonds is 5. The fourth-order valence-corrected chi connectivity index (χ4v) is 4.39. The van der Waals surface area contributed by atoms with Crippen molar-refractivity contribution in [2.24, 2.45) is 0 Å². The molecule has 0 aliphatic carbocycles. The zero-order valence-electron chi connectivity index (χ0n) is 13.4. The van der Waals surface area contributed by atoms with Gasteiger partial charge in [-0.15, -0.1) is 0 Å². The van der Waals surface area contributed by atoms with Crippen LogP contribution in [0.1, 0.15) is 18.4 Å². The highest BCUT2D eigenvalue weighted by atomic mass is 32.2. The summed E-state index contributed by atoms with van der Waals surface area (Å²) in [5.41, 5.74) is 0.992. The summed E-state index contributed by atoms with van der Waals surface area (Å²) in [6.45, 7) is 0.439. The third-order valence-electron chi connectivity index (χ3n) is 4.14. The van der Waals surface area contributed by atoms with Crippen molar-refractivity contribution in [1.82, 2.24) is 9.80 Å². The Kier molecular flexibility index (Phi) is 5.41. The van der Waals surface area contributed by atoms with Crippen LogP contribution in [0.2, 0.25) is 0 Å². The summed E-state index contributed by atoms with van der Waals surface area (Å²) in [7, 11) is 0.174. The summed E-state index contributed by atoms with van der Waals surface area (Å²) < 4.78 is 23.0. The van der Waals surface area contributed by atoms with Crippen molar-refractivity contribution >= 4 is 21.7 Å². The molecule has 7 heteroatoms. The quantitative estimate of drug-likeness (QED) is 0.740. The molecule has 1 aromatic carbocycles. The van der Waals surface area contributed by atoms with Gasteiger partial charge < -0.3 is 9.80 Å². The van der Waals surface area contributed by atoms with E-state index in [0.717, 1.165) is 5.56 Å². The largest absolute Gasteiger partial charge is 0.341 e. The van der Waals surface area contributed by atoms with Gasteiger partial charge in [0.15, 0.2) is 9.84 Å². The number of nitrogens with zero attached hydrogens (tertiary/aromatic N) is 2. The second-order valence-corrected chi connectivity index (χ2v) is 8.20. The lowest BCUT2D eigenvalue weighted by Gasteiger charge is -2.24. The van der Waals surface area contributed by atoms with E-state index < -0.39 is 9.84 Å². The number of carbonyl (C=O) groups excluding carboxylic acids is 2. The molecule has 1 saturated heterocycles. The lowest BCUT2D eigenvalue weighted by molar-refractivity contribution is -0.140. The van der Waals surface area contributed by atoms with Crippen LogP contribution in [0.4, 0.5) is 0 Å². The van der Waals surface area contributed by atoms with E-state index in [1.54, 1.807) is 14.1 Å². The molecule has 0 saturated carbocycles. The molecule has 1 fully saturated rings. The van der Waals surface area contributed by atoms with Gasteiger partial charge in [-0.2, -0.15) is 0 Å². The Balaban J connectivity index is 1.88. The van der Waals surface area contributed by atoms with E-state index in [1.807, 2.05) is 30.3 Å². The minimum absolute atomic E-state index is 0.0106. The smallest absolute Gasteiger partial charge is 0.232 e. The Morgan fingerprint density at radius 2 is 1.78 bits per heavy atom. The molecule has 1 aliphatic heterocycles. The summed E-state index contributed by atoms with van der Waals surface area (Å²) in [6, 6.07) is 9.21. The van der Waals surface area contributed by atoms with Gasteiger partial charge in [-0.1, -0.05) is 30.3 Å². The molecule has 1 aromatic rings. The number of hydrogen-bond acceptors (Lipinski definition) is 4. The summed E-state index contributed by atoms with van der Waals surface area (Å²) in [5.74, 6) is -0.510. The molecule has 0 spiro atoms. The molecule has 2 amide bonds. The van der Waals surface area contributed by atoms with Gasteiger partial charge in [0.05, 0.1) is 11.5 Å². The molecule has 6 nitrogen and oxygen atoms in total. The monoisotopic (exact) mass is 338 g/mol. The van der Waals surface area contributed by atoms with Gasteiger partial charge in [0.25, 0.3) is 0 Å². The van der Waals surface area contributed by atoms with E-state index >= 15 is 0 Å². The van der Waals surface area contributed by atoms with Crippen molar-refractivity contribution in [3.8, 4) is 0 Å². The van der Waals surface area contributed by atoms with Gasteiger partial charge in [0, 0.05) is 26.7 Å². The van der Waals surface area contributed by atoms with Crippen LogP contribution in [0.3, 0.4) is 0 Å². The predicted molar refractivity (Wildman–Crippen MR) is 87.4 cm³/mol. The number of benzene rings is 1. The van der Waals surface area contributed by atoms with Crippen LogP contribution in [0.15, 0.2) is 30.3 Å². The third-order valence-corrected chi connectivity index (χ3v) is 5.89. The second kappa shape index (κ2) is 7.12. The molecular weight excluding hydrogens is 316 g/mol. The van der Waals surface area contributed by atoms with E-state index in [0.29, 0.717) is 13.0 Å². The highest BCUT2D eigenvalue weighted by Gasteiger charge is 2.33. The van der Waals surface area contributed by atoms with Crippen molar-refractivity contribution in [2.45, 2.75) is 25.4 Å². The van der Waals surface area contributed by atoms with E-state index in [1.165, 1.54) is 9.80 Å². The molecule has 0 N–H and O–H groups in total. The van der Waals surface area contributed by atoms with Gasteiger partial charge in [-0.25, -0.2) is 8.42 Å². The molecule has 2 rings (SSSR count). The maximum absolute atomic E-state index is 12.2. The van der Waals surface area contributed by atoms with Crippen molar-refractivity contribution in [3.05, 3.63) is 35.9 Å². The molecule has 126 valence electrons. The van der Waals surface area contributed by atoms with Crippen LogP contribution in [0, 0.1) is 0 Å². The molecule has 23 heavy (non-hydrogen) atoms. The summed E-state index contributed by atoms with van der Waals surface area (Å²) in [5, 5.41) is 0. The Bertz CT molecular complexity index is 673. The lowest BCUT2D eigenvalue weighted by Crippen LogP contribution is -2.40. The highest BCUT2D eigenvalue weighted by Crippen LogP contribution is 2.17. The number of carbonyl (C=O) groups is 2. The molecule has 1 heterocycles. The number of sulfone groups is 1. The average molecular weight is 338 g/mol. The zero-order chi connectivity index (χ0) is 17.0. The first-order chi connectivity index (χ1) is 10.8. The van der Waals surface area contributed by atoms with E-state index in [-0.39, 0.29) is 35.8 Å². The minimum Gasteiger partial charge on any atom is -0.341 e. The van der Waals surface area contributed by atoms with Gasteiger partial charge in [0.2, 0.25) is 11.8 Å². The topological polar surface area (TPSA) is 74.8 Å². The highest BCUT2D eigenvalue weighted by molar-refractivity contribution is 7.91. The Morgan fingerprint density at radius 3 is 2.35 bits per heavy atom. The molecule has 1 unspecified atom stereocenters. The van der Waals surface area contributed by atoms with E-state index in [2.05, 4.69) is 0 Å². The first kappa shape index (κ1) is 17.5. The summed E-state index contributed by atoms with van der Waals surface area (Å²) in [6.07, 6.45) is 0.203. The third kappa shape index (κ3) is 4.79. The van der Waals surface area contributed by atoms with Crippen molar-refractivity contribution in [3.63, 3.8) is 0 Å². The maximum Gasteiger partial charge on any atom is 0.232 e. The van der Waals surface area contributed by atoms with Crippen LogP contribution < -0.4 is 0 Å². The average Bonchev–Trinajstić information content (AvgIpc) is 2.87. The van der Waals surface area contributed by atoms with Gasteiger partial charge in [-0.3, -0.25) is 9.59 Å². The molecule has 1 aliphatic rings. The molecule has 0 aromatic heterocycles. The van der Waals surface area contributed by atoms with Crippen LogP contribution in [-0.4, -0.2) is 61.7 Å². The normalized spacial score (nSPS) is 19.3. The van der Waals surface area contributed by atoms with E-state index in [9.17, 15) is 18.0 Å². The molecular formula is C16H22N2O4S. The fourth-order valence-electron chi connectivity index (χ4n) is 2.62. The predicted octanol–water partition coefficient (Wildman–Crippen LogP) is 0.681. The minimum atomic E-state index is -3.05. The Labute approximate surface area is 137 Å². The molecule has 1 atom stereocenters. The first-order valence-electron chi connectivity index (χ1n) is 7.52. The Morgan fingerprint density at radius 1 is 1.13 bits per heavy atom. The number of amides is 2. The van der Waals surface area contributed by atoms with Gasteiger partial charge in [-0.05, 0) is 12.0 Å². The Hall–Kier alpha value is -1.89. The van der Waals surface area contributed by atoms with Crippen LogP contribution in [0.5, 0.6) is 0 Å². The SMILES string of the molecule is CN(Cc1ccccc1)C(=O)CC(=O)N(C)C1CCS(=O)(=O)C1. The van der Waals surface area contributed by atoms with Crippen molar-refractivity contribution < 1.29 is 18.0 Å². The van der Waals surface area contributed by atoms with Crippen LogP contribution >= 0.6 is 0 Å². The van der Waals surface area contributed by atoms with E-state index in [4.69, 9.17) is 0 Å². The van der Waals surface area contributed by atoms with Crippen LogP contribution in [-0.2, 0) is 26.0 Å². The summed E-state index contributed by atoms with van der Waals surface area (Å²) in [4.78, 5) is 27.3. The van der Waals surface area contributed by atoms with Gasteiger partial charge >= 0.3 is 0 Å². The zero-order valence-corrected chi connectivity index (χ0v) is 14.3. The standard InChI is InChI=1S/C16H22N2O4S/c1-17(11-13-6-4-3-5-7-13)15(19)10-16(20)18(2)14-8-9-23(21,22)12-14/h3-7,14H,8-12H2,1-2H3. The molecule has 0 bridgehead atoms. The van der Waals surface area contributed by atoms with Crippen molar-refractivity contribution in [1.29, 1.82) is 0 Å². The fraction of sp³-hybridized carbons (Fsp3) is 0.500. The maximum atomic E-state index is 12.2. The molecule has 0 radical (unpaired) electrons. The van der Waals surface area contributed by atoms with Gasteiger partial charge in [0.1, 0.15) is 6.42 Å². The lowest BCUT2D eigenvalue weighted by atomic mass is 10.2. The second-order valence-electron chi connectivity index (χ2n) is 5.97. The first-order valence-corrected chi connectivity index (χ1v) is 9.34. The summed E-state index contributed by atoms with van der Waals surface area (Å²) >= 11 is 0.